The summed E-state index contributed by atoms with van der Waals surface area (Å²) in [5.41, 5.74) is 2.29. The molecule has 0 aliphatic carbocycles. The molecule has 0 bridgehead atoms. The maximum Gasteiger partial charge on any atom is 0.323 e. The van der Waals surface area contributed by atoms with Gasteiger partial charge >= 0.3 is 6.03 Å². The van der Waals surface area contributed by atoms with Gasteiger partial charge in [0.05, 0.1) is 36.8 Å². The number of aliphatic hydroxyl groups excluding tert-OH is 1. The Labute approximate surface area is 278 Å². The summed E-state index contributed by atoms with van der Waals surface area (Å²) in [5, 5.41) is 15.8. The highest BCUT2D eigenvalue weighted by molar-refractivity contribution is 6.02. The van der Waals surface area contributed by atoms with Gasteiger partial charge in [-0.1, -0.05) is 55.5 Å². The molecule has 10 heteroatoms. The van der Waals surface area contributed by atoms with Gasteiger partial charge in [-0.3, -0.25) is 9.59 Å². The lowest BCUT2D eigenvalue weighted by Gasteiger charge is -2.36. The molecule has 0 saturated carbocycles. The van der Waals surface area contributed by atoms with Gasteiger partial charge in [-0.15, -0.1) is 0 Å². The number of hydrogen-bond acceptors (Lipinski definition) is 6. The average Bonchev–Trinajstić information content (AvgIpc) is 3.06. The van der Waals surface area contributed by atoms with E-state index in [0.717, 1.165) is 24.8 Å². The Bertz CT molecular complexity index is 1450. The number of nitrogens with one attached hydrogen (secondary N) is 2. The molecule has 0 saturated heterocycles. The zero-order valence-electron chi connectivity index (χ0n) is 27.9. The van der Waals surface area contributed by atoms with Crippen LogP contribution < -0.4 is 15.4 Å². The largest absolute Gasteiger partial charge is 0.490 e. The van der Waals surface area contributed by atoms with E-state index in [2.05, 4.69) is 10.6 Å². The van der Waals surface area contributed by atoms with E-state index in [4.69, 9.17) is 9.47 Å². The van der Waals surface area contributed by atoms with E-state index in [1.807, 2.05) is 62.4 Å². The molecule has 1 heterocycles. The molecule has 4 amide bonds. The summed E-state index contributed by atoms with van der Waals surface area (Å²) < 4.78 is 12.7. The molecule has 0 unspecified atom stereocenters. The Balaban J connectivity index is 1.58. The van der Waals surface area contributed by atoms with Crippen LogP contribution in [0.25, 0.3) is 0 Å². The highest BCUT2D eigenvalue weighted by Crippen LogP contribution is 2.28. The molecule has 1 aliphatic heterocycles. The van der Waals surface area contributed by atoms with Gasteiger partial charge in [0, 0.05) is 44.0 Å². The lowest BCUT2D eigenvalue weighted by atomic mass is 10.0. The third-order valence-corrected chi connectivity index (χ3v) is 8.42. The summed E-state index contributed by atoms with van der Waals surface area (Å²) in [6.45, 7) is 6.66. The Morgan fingerprint density at radius 2 is 1.66 bits per heavy atom. The molecule has 0 aromatic heterocycles. The van der Waals surface area contributed by atoms with Crippen LogP contribution in [0.1, 0.15) is 56.0 Å². The van der Waals surface area contributed by atoms with Crippen molar-refractivity contribution in [2.24, 2.45) is 5.92 Å². The molecule has 0 fully saturated rings. The standard InChI is InChI=1S/C37H48N4O6/c1-26-23-41(27(2)25-42)36(44)32-22-31(39-37(45)38-30-16-9-6-10-17-30)18-19-33(32)47-28(3)13-11-12-20-46-34(26)24-40(4)35(43)21-29-14-7-5-8-15-29/h5-10,14-19,22,26-28,34,42H,11-13,20-21,23-25H2,1-4H3,(H2,38,39,45)/t26-,27+,28+,34+/m1/s1. The van der Waals surface area contributed by atoms with Crippen molar-refractivity contribution in [2.75, 3.05) is 44.0 Å². The number of aliphatic hydroxyl groups is 1. The third-order valence-electron chi connectivity index (χ3n) is 8.42. The molecule has 47 heavy (non-hydrogen) atoms. The minimum Gasteiger partial charge on any atom is -0.490 e. The number of anilines is 2. The number of urea groups is 1. The van der Waals surface area contributed by atoms with Crippen molar-refractivity contribution in [3.05, 3.63) is 90.0 Å². The summed E-state index contributed by atoms with van der Waals surface area (Å²) >= 11 is 0. The number of likely N-dealkylation sites (N-methyl/N-ethyl adjacent to an activating group) is 1. The summed E-state index contributed by atoms with van der Waals surface area (Å²) in [6.07, 6.45) is 2.21. The Morgan fingerprint density at radius 1 is 0.979 bits per heavy atom. The smallest absolute Gasteiger partial charge is 0.323 e. The predicted octanol–water partition coefficient (Wildman–Crippen LogP) is 5.83. The number of benzene rings is 3. The second kappa shape index (κ2) is 17.5. The molecule has 4 atom stereocenters. The van der Waals surface area contributed by atoms with Crippen molar-refractivity contribution in [3.63, 3.8) is 0 Å². The minimum absolute atomic E-state index is 0.0145. The summed E-state index contributed by atoms with van der Waals surface area (Å²) in [7, 11) is 1.78. The van der Waals surface area contributed by atoms with E-state index in [1.165, 1.54) is 0 Å². The number of carbonyl (C=O) groups is 3. The maximum absolute atomic E-state index is 14.3. The number of hydrogen-bond donors (Lipinski definition) is 3. The van der Waals surface area contributed by atoms with E-state index in [9.17, 15) is 19.5 Å². The van der Waals surface area contributed by atoms with Gasteiger partial charge in [0.2, 0.25) is 5.91 Å². The van der Waals surface area contributed by atoms with Crippen LogP contribution in [0.15, 0.2) is 78.9 Å². The van der Waals surface area contributed by atoms with E-state index >= 15 is 0 Å². The number of para-hydroxylation sites is 1. The lowest BCUT2D eigenvalue weighted by Crippen LogP contribution is -2.48. The zero-order valence-corrected chi connectivity index (χ0v) is 27.9. The Kier molecular flexibility index (Phi) is 13.2. The van der Waals surface area contributed by atoms with Crippen molar-refractivity contribution in [1.29, 1.82) is 0 Å². The topological polar surface area (TPSA) is 120 Å². The first-order chi connectivity index (χ1) is 22.6. The molecule has 0 spiro atoms. The van der Waals surface area contributed by atoms with Crippen LogP contribution in [0, 0.1) is 5.92 Å². The van der Waals surface area contributed by atoms with E-state index in [0.29, 0.717) is 36.7 Å². The quantitative estimate of drug-likeness (QED) is 0.284. The molecule has 0 radical (unpaired) electrons. The minimum atomic E-state index is -0.515. The Morgan fingerprint density at radius 3 is 2.36 bits per heavy atom. The number of rotatable bonds is 8. The highest BCUT2D eigenvalue weighted by atomic mass is 16.5. The number of amides is 4. The van der Waals surface area contributed by atoms with Gasteiger partial charge in [0.15, 0.2) is 0 Å². The molecule has 3 aromatic carbocycles. The first kappa shape index (κ1) is 35.4. The molecule has 10 nitrogen and oxygen atoms in total. The predicted molar refractivity (Wildman–Crippen MR) is 184 cm³/mol. The summed E-state index contributed by atoms with van der Waals surface area (Å²) in [4.78, 5) is 43.6. The van der Waals surface area contributed by atoms with E-state index < -0.39 is 12.1 Å². The second-order valence-electron chi connectivity index (χ2n) is 12.4. The van der Waals surface area contributed by atoms with Gasteiger partial charge in [-0.2, -0.15) is 0 Å². The van der Waals surface area contributed by atoms with Crippen molar-refractivity contribution >= 4 is 29.2 Å². The fourth-order valence-electron chi connectivity index (χ4n) is 5.56. The van der Waals surface area contributed by atoms with Crippen molar-refractivity contribution < 1.29 is 29.0 Å². The monoisotopic (exact) mass is 644 g/mol. The number of carbonyl (C=O) groups excluding carboxylic acids is 3. The van der Waals surface area contributed by atoms with E-state index in [1.54, 1.807) is 54.1 Å². The van der Waals surface area contributed by atoms with Crippen LogP contribution in [0.4, 0.5) is 16.2 Å². The average molecular weight is 645 g/mol. The van der Waals surface area contributed by atoms with Crippen LogP contribution >= 0.6 is 0 Å². The van der Waals surface area contributed by atoms with Crippen LogP contribution in [-0.4, -0.2) is 84.4 Å². The van der Waals surface area contributed by atoms with Crippen molar-refractivity contribution in [2.45, 2.75) is 64.7 Å². The van der Waals surface area contributed by atoms with Crippen molar-refractivity contribution in [1.82, 2.24) is 9.80 Å². The summed E-state index contributed by atoms with van der Waals surface area (Å²) in [6, 6.07) is 22.8. The van der Waals surface area contributed by atoms with Crippen LogP contribution in [0.5, 0.6) is 5.75 Å². The fourth-order valence-corrected chi connectivity index (χ4v) is 5.56. The van der Waals surface area contributed by atoms with Gasteiger partial charge in [-0.25, -0.2) is 4.79 Å². The molecular weight excluding hydrogens is 596 g/mol. The molecule has 3 aromatic rings. The third kappa shape index (κ3) is 10.6. The molecule has 3 N–H and O–H groups in total. The second-order valence-corrected chi connectivity index (χ2v) is 12.4. The fraction of sp³-hybridized carbons (Fsp3) is 0.432. The van der Waals surface area contributed by atoms with Crippen LogP contribution in [-0.2, 0) is 16.0 Å². The maximum atomic E-state index is 14.3. The first-order valence-corrected chi connectivity index (χ1v) is 16.4. The zero-order chi connectivity index (χ0) is 33.8. The number of nitrogens with zero attached hydrogens (tertiary/aromatic N) is 2. The van der Waals surface area contributed by atoms with Gasteiger partial charge in [0.1, 0.15) is 5.75 Å². The molecule has 4 rings (SSSR count). The first-order valence-electron chi connectivity index (χ1n) is 16.4. The number of fused-ring (bicyclic) bond motifs is 1. The molecule has 1 aliphatic rings. The van der Waals surface area contributed by atoms with Crippen LogP contribution in [0.2, 0.25) is 0 Å². The Hall–Kier alpha value is -4.41. The lowest BCUT2D eigenvalue weighted by molar-refractivity contribution is -0.131. The van der Waals surface area contributed by atoms with Crippen molar-refractivity contribution in [3.8, 4) is 5.75 Å². The highest BCUT2D eigenvalue weighted by Gasteiger charge is 2.31. The van der Waals surface area contributed by atoms with Crippen LogP contribution in [0.3, 0.4) is 0 Å². The van der Waals surface area contributed by atoms with Gasteiger partial charge in [-0.05, 0) is 69.0 Å². The molecular formula is C37H48N4O6. The van der Waals surface area contributed by atoms with Gasteiger partial charge in [0.25, 0.3) is 5.91 Å². The molecule has 252 valence electrons. The normalized spacial score (nSPS) is 19.8. The number of ether oxygens (including phenoxy) is 2. The SMILES string of the molecule is C[C@@H]1CN([C@@H](C)CO)C(=O)c2cc(NC(=O)Nc3ccccc3)ccc2O[C@@H](C)CCCCO[C@H]1CN(C)C(=O)Cc1ccccc1. The van der Waals surface area contributed by atoms with E-state index in [-0.39, 0.29) is 48.7 Å². The van der Waals surface area contributed by atoms with Gasteiger partial charge < -0.3 is 35.0 Å². The summed E-state index contributed by atoms with van der Waals surface area (Å²) in [5.74, 6) is -0.115.